The van der Waals surface area contributed by atoms with Crippen molar-refractivity contribution >= 4 is 29.4 Å². The predicted octanol–water partition coefficient (Wildman–Crippen LogP) is 3.02. The van der Waals surface area contributed by atoms with Crippen molar-refractivity contribution in [2.24, 2.45) is 0 Å². The molecule has 2 aromatic carbocycles. The van der Waals surface area contributed by atoms with Crippen molar-refractivity contribution in [2.75, 3.05) is 0 Å². The van der Waals surface area contributed by atoms with E-state index in [1.54, 1.807) is 48.5 Å². The quantitative estimate of drug-likeness (QED) is 0.700. The first kappa shape index (κ1) is 19.9. The summed E-state index contributed by atoms with van der Waals surface area (Å²) in [4.78, 5) is 37.3. The van der Waals surface area contributed by atoms with Gasteiger partial charge in [-0.1, -0.05) is 41.9 Å². The average molecular weight is 401 g/mol. The van der Waals surface area contributed by atoms with Crippen LogP contribution in [0.4, 0.5) is 0 Å². The van der Waals surface area contributed by atoms with E-state index >= 15 is 0 Å². The predicted molar refractivity (Wildman–Crippen MR) is 105 cm³/mol. The monoisotopic (exact) mass is 400 g/mol. The van der Waals surface area contributed by atoms with Crippen molar-refractivity contribution in [3.05, 3.63) is 70.7 Å². The molecule has 1 aliphatic carbocycles. The third-order valence-electron chi connectivity index (χ3n) is 4.31. The number of hydrogen-bond donors (Lipinski definition) is 2. The fourth-order valence-corrected chi connectivity index (χ4v) is 2.69. The molecule has 3 rings (SSSR count). The van der Waals surface area contributed by atoms with Gasteiger partial charge in [-0.25, -0.2) is 4.79 Å². The van der Waals surface area contributed by atoms with Crippen LogP contribution in [0, 0.1) is 0 Å². The Balaban J connectivity index is 1.65. The third kappa shape index (κ3) is 5.33. The Morgan fingerprint density at radius 1 is 1.04 bits per heavy atom. The van der Waals surface area contributed by atoms with Crippen LogP contribution < -0.4 is 10.6 Å². The fraction of sp³-hybridized carbons (Fsp3) is 0.286. The Bertz CT molecular complexity index is 850. The Labute approximate surface area is 168 Å². The zero-order valence-corrected chi connectivity index (χ0v) is 16.1. The van der Waals surface area contributed by atoms with Crippen LogP contribution in [-0.4, -0.2) is 29.9 Å². The molecule has 6 nitrogen and oxygen atoms in total. The summed E-state index contributed by atoms with van der Waals surface area (Å²) in [5.74, 6) is -1.49. The molecule has 146 valence electrons. The highest BCUT2D eigenvalue weighted by atomic mass is 35.5. The zero-order chi connectivity index (χ0) is 20.1. The number of esters is 1. The lowest BCUT2D eigenvalue weighted by Gasteiger charge is -2.20. The largest absolute Gasteiger partial charge is 0.446 e. The van der Waals surface area contributed by atoms with Gasteiger partial charge in [-0.05, 0) is 44.0 Å². The van der Waals surface area contributed by atoms with Crippen LogP contribution in [-0.2, 0) is 14.3 Å². The molecule has 2 atom stereocenters. The van der Waals surface area contributed by atoms with Crippen LogP contribution in [0.2, 0.25) is 5.02 Å². The number of amides is 2. The van der Waals surface area contributed by atoms with Gasteiger partial charge in [-0.15, -0.1) is 0 Å². The summed E-state index contributed by atoms with van der Waals surface area (Å²) in [6, 6.07) is 14.3. The standard InChI is InChI=1S/C21H21ClN2O4/c1-13(23-19(25)15-7-9-16(22)10-8-15)21(27)28-18(14-5-3-2-4-6-14)20(26)24-17-11-12-17/h2-10,13,17-18H,11-12H2,1H3,(H,23,25)(H,24,26)/t13-,18-/m0/s1. The second-order valence-electron chi connectivity index (χ2n) is 6.71. The molecule has 0 aromatic heterocycles. The number of carbonyl (C=O) groups is 3. The van der Waals surface area contributed by atoms with Crippen molar-refractivity contribution in [3.8, 4) is 0 Å². The van der Waals surface area contributed by atoms with Crippen LogP contribution in [0.1, 0.15) is 41.8 Å². The van der Waals surface area contributed by atoms with E-state index in [-0.39, 0.29) is 11.9 Å². The maximum atomic E-state index is 12.5. The summed E-state index contributed by atoms with van der Waals surface area (Å²) in [6.07, 6.45) is 0.785. The van der Waals surface area contributed by atoms with Crippen molar-refractivity contribution < 1.29 is 19.1 Å². The number of rotatable bonds is 7. The van der Waals surface area contributed by atoms with Gasteiger partial charge in [0.2, 0.25) is 6.10 Å². The Morgan fingerprint density at radius 2 is 1.68 bits per heavy atom. The summed E-state index contributed by atoms with van der Waals surface area (Å²) in [6.45, 7) is 1.51. The maximum absolute atomic E-state index is 12.5. The van der Waals surface area contributed by atoms with Gasteiger partial charge in [0.1, 0.15) is 6.04 Å². The second-order valence-corrected chi connectivity index (χ2v) is 7.15. The minimum atomic E-state index is -1.07. The lowest BCUT2D eigenvalue weighted by molar-refractivity contribution is -0.158. The molecule has 28 heavy (non-hydrogen) atoms. The fourth-order valence-electron chi connectivity index (χ4n) is 2.56. The molecule has 2 aromatic rings. The van der Waals surface area contributed by atoms with E-state index in [1.165, 1.54) is 6.92 Å². The Kier molecular flexibility index (Phi) is 6.31. The lowest BCUT2D eigenvalue weighted by atomic mass is 10.1. The Morgan fingerprint density at radius 3 is 2.29 bits per heavy atom. The highest BCUT2D eigenvalue weighted by molar-refractivity contribution is 6.30. The highest BCUT2D eigenvalue weighted by Crippen LogP contribution is 2.23. The van der Waals surface area contributed by atoms with Crippen molar-refractivity contribution in [3.63, 3.8) is 0 Å². The lowest BCUT2D eigenvalue weighted by Crippen LogP contribution is -2.42. The maximum Gasteiger partial charge on any atom is 0.329 e. The number of hydrogen-bond acceptors (Lipinski definition) is 4. The van der Waals surface area contributed by atoms with E-state index < -0.39 is 24.0 Å². The van der Waals surface area contributed by atoms with Crippen molar-refractivity contribution in [1.29, 1.82) is 0 Å². The average Bonchev–Trinajstić information content (AvgIpc) is 3.50. The summed E-state index contributed by atoms with van der Waals surface area (Å²) < 4.78 is 5.46. The van der Waals surface area contributed by atoms with Crippen LogP contribution in [0.3, 0.4) is 0 Å². The molecule has 1 aliphatic rings. The first-order chi connectivity index (χ1) is 13.4. The molecule has 1 saturated carbocycles. The van der Waals surface area contributed by atoms with Gasteiger partial charge in [-0.2, -0.15) is 0 Å². The van der Waals surface area contributed by atoms with E-state index in [9.17, 15) is 14.4 Å². The first-order valence-corrected chi connectivity index (χ1v) is 9.44. The molecule has 1 fully saturated rings. The van der Waals surface area contributed by atoms with Crippen LogP contribution >= 0.6 is 11.6 Å². The molecular weight excluding hydrogens is 380 g/mol. The van der Waals surface area contributed by atoms with Crippen LogP contribution in [0.5, 0.6) is 0 Å². The number of carbonyl (C=O) groups excluding carboxylic acids is 3. The smallest absolute Gasteiger partial charge is 0.329 e. The molecule has 0 radical (unpaired) electrons. The number of nitrogens with one attached hydrogen (secondary N) is 2. The van der Waals surface area contributed by atoms with Crippen LogP contribution in [0.25, 0.3) is 0 Å². The van der Waals surface area contributed by atoms with E-state index in [0.29, 0.717) is 16.1 Å². The summed E-state index contributed by atoms with van der Waals surface area (Å²) in [5, 5.41) is 5.94. The van der Waals surface area contributed by atoms with Gasteiger partial charge >= 0.3 is 5.97 Å². The molecule has 0 heterocycles. The summed E-state index contributed by atoms with van der Waals surface area (Å²) in [7, 11) is 0. The molecule has 0 saturated heterocycles. The van der Waals surface area contributed by atoms with Crippen LogP contribution in [0.15, 0.2) is 54.6 Å². The van der Waals surface area contributed by atoms with Crippen molar-refractivity contribution in [2.45, 2.75) is 38.0 Å². The molecule has 0 unspecified atom stereocenters. The molecule has 0 aliphatic heterocycles. The van der Waals surface area contributed by atoms with E-state index in [4.69, 9.17) is 16.3 Å². The molecular formula is C21H21ClN2O4. The van der Waals surface area contributed by atoms with Gasteiger partial charge in [0.05, 0.1) is 0 Å². The normalized spacial score (nSPS) is 15.2. The summed E-state index contributed by atoms with van der Waals surface area (Å²) in [5.41, 5.74) is 0.945. The minimum absolute atomic E-state index is 0.138. The van der Waals surface area contributed by atoms with Gasteiger partial charge in [0.25, 0.3) is 11.8 Å². The van der Waals surface area contributed by atoms with Gasteiger partial charge in [0, 0.05) is 22.2 Å². The van der Waals surface area contributed by atoms with Gasteiger partial charge in [0.15, 0.2) is 0 Å². The zero-order valence-electron chi connectivity index (χ0n) is 15.4. The Hall–Kier alpha value is -2.86. The number of ether oxygens (including phenoxy) is 1. The number of benzene rings is 2. The topological polar surface area (TPSA) is 84.5 Å². The van der Waals surface area contributed by atoms with Gasteiger partial charge in [-0.3, -0.25) is 9.59 Å². The third-order valence-corrected chi connectivity index (χ3v) is 4.56. The van der Waals surface area contributed by atoms with E-state index in [0.717, 1.165) is 12.8 Å². The molecule has 0 spiro atoms. The minimum Gasteiger partial charge on any atom is -0.446 e. The molecule has 2 amide bonds. The molecule has 0 bridgehead atoms. The molecule has 7 heteroatoms. The number of halogens is 1. The highest BCUT2D eigenvalue weighted by Gasteiger charge is 2.32. The summed E-state index contributed by atoms with van der Waals surface area (Å²) >= 11 is 5.81. The van der Waals surface area contributed by atoms with E-state index in [1.807, 2.05) is 6.07 Å². The van der Waals surface area contributed by atoms with E-state index in [2.05, 4.69) is 10.6 Å². The second kappa shape index (κ2) is 8.89. The first-order valence-electron chi connectivity index (χ1n) is 9.06. The van der Waals surface area contributed by atoms with Gasteiger partial charge < -0.3 is 15.4 Å². The molecule has 2 N–H and O–H groups in total. The van der Waals surface area contributed by atoms with Crippen molar-refractivity contribution in [1.82, 2.24) is 10.6 Å². The SMILES string of the molecule is C[C@H](NC(=O)c1ccc(Cl)cc1)C(=O)O[C@H](C(=O)NC1CC1)c1ccccc1.